The van der Waals surface area contributed by atoms with E-state index >= 15 is 0 Å². The van der Waals surface area contributed by atoms with Crippen molar-refractivity contribution in [1.29, 1.82) is 0 Å². The molecule has 0 spiro atoms. The molecule has 3 rings (SSSR count). The Morgan fingerprint density at radius 3 is 2.50 bits per heavy atom. The fourth-order valence-electron chi connectivity index (χ4n) is 4.53. The van der Waals surface area contributed by atoms with Crippen molar-refractivity contribution in [3.05, 3.63) is 0 Å². The van der Waals surface area contributed by atoms with Gasteiger partial charge in [0.15, 0.2) is 0 Å². The fraction of sp³-hybridized carbons (Fsp3) is 1.00. The number of hydrogen-bond acceptors (Lipinski definition) is 3. The largest absolute Gasteiger partial charge is 0.394 e. The van der Waals surface area contributed by atoms with E-state index in [-0.39, 0.29) is 12.1 Å². The molecule has 4 unspecified atom stereocenters. The van der Waals surface area contributed by atoms with Crippen LogP contribution in [0.4, 0.5) is 0 Å². The first-order valence-electron chi connectivity index (χ1n) is 7.69. The normalized spacial score (nSPS) is 38.3. The Balaban J connectivity index is 1.50. The molecule has 2 bridgehead atoms. The average Bonchev–Trinajstić information content (AvgIpc) is 3.02. The van der Waals surface area contributed by atoms with Gasteiger partial charge in [0.05, 0.1) is 12.1 Å². The molecule has 4 atom stereocenters. The summed E-state index contributed by atoms with van der Waals surface area (Å²) in [6, 6.07) is 0. The molecular formula is C15H28N2O. The molecule has 3 fully saturated rings. The van der Waals surface area contributed by atoms with Gasteiger partial charge in [-0.05, 0) is 62.8 Å². The molecule has 0 radical (unpaired) electrons. The van der Waals surface area contributed by atoms with Crippen LogP contribution in [0.3, 0.4) is 0 Å². The molecule has 3 saturated carbocycles. The van der Waals surface area contributed by atoms with Crippen LogP contribution in [-0.4, -0.2) is 42.3 Å². The van der Waals surface area contributed by atoms with E-state index in [0.29, 0.717) is 5.92 Å². The highest BCUT2D eigenvalue weighted by Crippen LogP contribution is 2.48. The Kier molecular flexibility index (Phi) is 3.41. The second-order valence-corrected chi connectivity index (χ2v) is 7.30. The van der Waals surface area contributed by atoms with Gasteiger partial charge in [-0.3, -0.25) is 0 Å². The van der Waals surface area contributed by atoms with Gasteiger partial charge >= 0.3 is 0 Å². The molecule has 0 saturated heterocycles. The maximum atomic E-state index is 9.56. The van der Waals surface area contributed by atoms with Crippen molar-refractivity contribution < 1.29 is 5.11 Å². The van der Waals surface area contributed by atoms with Gasteiger partial charge in [0.1, 0.15) is 0 Å². The summed E-state index contributed by atoms with van der Waals surface area (Å²) in [5.74, 6) is 3.47. The molecule has 18 heavy (non-hydrogen) atoms. The van der Waals surface area contributed by atoms with Crippen LogP contribution in [0.2, 0.25) is 0 Å². The van der Waals surface area contributed by atoms with E-state index in [1.807, 2.05) is 0 Å². The highest BCUT2D eigenvalue weighted by atomic mass is 16.3. The van der Waals surface area contributed by atoms with Crippen molar-refractivity contribution >= 4 is 0 Å². The van der Waals surface area contributed by atoms with Crippen LogP contribution in [0, 0.1) is 23.7 Å². The molecule has 3 nitrogen and oxygen atoms in total. The highest BCUT2D eigenvalue weighted by molar-refractivity contribution is 5.00. The van der Waals surface area contributed by atoms with Crippen LogP contribution in [-0.2, 0) is 0 Å². The summed E-state index contributed by atoms with van der Waals surface area (Å²) in [5, 5.41) is 9.56. The molecule has 3 heteroatoms. The predicted molar refractivity (Wildman–Crippen MR) is 73.2 cm³/mol. The maximum absolute atomic E-state index is 9.56. The molecular weight excluding hydrogens is 224 g/mol. The lowest BCUT2D eigenvalue weighted by molar-refractivity contribution is 0.117. The van der Waals surface area contributed by atoms with Gasteiger partial charge in [0, 0.05) is 13.1 Å². The third-order valence-corrected chi connectivity index (χ3v) is 5.68. The summed E-state index contributed by atoms with van der Waals surface area (Å²) in [5.41, 5.74) is 6.02. The molecule has 0 aromatic heterocycles. The van der Waals surface area contributed by atoms with Crippen LogP contribution < -0.4 is 5.73 Å². The molecule has 0 aromatic carbocycles. The van der Waals surface area contributed by atoms with Gasteiger partial charge in [-0.2, -0.15) is 0 Å². The number of nitrogens with zero attached hydrogens (tertiary/aromatic N) is 1. The minimum Gasteiger partial charge on any atom is -0.394 e. The lowest BCUT2D eigenvalue weighted by atomic mass is 9.87. The molecule has 3 aliphatic rings. The van der Waals surface area contributed by atoms with Crippen LogP contribution in [0.1, 0.15) is 38.5 Å². The molecule has 0 aliphatic heterocycles. The predicted octanol–water partition coefficient (Wildman–Crippen LogP) is 1.45. The first-order chi connectivity index (χ1) is 8.60. The highest BCUT2D eigenvalue weighted by Gasteiger charge is 2.44. The van der Waals surface area contributed by atoms with E-state index in [4.69, 9.17) is 5.73 Å². The van der Waals surface area contributed by atoms with Gasteiger partial charge in [0.2, 0.25) is 0 Å². The first-order valence-corrected chi connectivity index (χ1v) is 7.69. The lowest BCUT2D eigenvalue weighted by Crippen LogP contribution is -2.54. The van der Waals surface area contributed by atoms with E-state index in [9.17, 15) is 5.11 Å². The summed E-state index contributed by atoms with van der Waals surface area (Å²) in [7, 11) is 2.19. The minimum atomic E-state index is -0.341. The van der Waals surface area contributed by atoms with Gasteiger partial charge < -0.3 is 15.7 Å². The zero-order chi connectivity index (χ0) is 12.8. The monoisotopic (exact) mass is 252 g/mol. The molecule has 104 valence electrons. The van der Waals surface area contributed by atoms with Crippen LogP contribution >= 0.6 is 0 Å². The van der Waals surface area contributed by atoms with Crippen molar-refractivity contribution in [2.24, 2.45) is 29.4 Å². The van der Waals surface area contributed by atoms with Gasteiger partial charge in [-0.1, -0.05) is 6.42 Å². The van der Waals surface area contributed by atoms with Crippen molar-refractivity contribution in [3.8, 4) is 0 Å². The number of likely N-dealkylation sites (N-methyl/N-ethyl adjacent to an activating group) is 1. The van der Waals surface area contributed by atoms with Crippen molar-refractivity contribution in [1.82, 2.24) is 4.90 Å². The van der Waals surface area contributed by atoms with Crippen LogP contribution in [0.25, 0.3) is 0 Å². The lowest BCUT2D eigenvalue weighted by Gasteiger charge is -2.35. The van der Waals surface area contributed by atoms with Crippen molar-refractivity contribution in [2.45, 2.75) is 44.1 Å². The molecule has 0 heterocycles. The second-order valence-electron chi connectivity index (χ2n) is 7.30. The summed E-state index contributed by atoms with van der Waals surface area (Å²) in [6.07, 6.45) is 8.27. The topological polar surface area (TPSA) is 49.5 Å². The Morgan fingerprint density at radius 1 is 1.22 bits per heavy atom. The number of rotatable bonds is 6. The van der Waals surface area contributed by atoms with Gasteiger partial charge in [-0.25, -0.2) is 0 Å². The molecule has 0 amide bonds. The number of aliphatic hydroxyl groups excluding tert-OH is 1. The van der Waals surface area contributed by atoms with Crippen molar-refractivity contribution in [2.75, 3.05) is 26.7 Å². The number of fused-ring (bicyclic) bond motifs is 2. The Hall–Kier alpha value is -0.120. The zero-order valence-corrected chi connectivity index (χ0v) is 11.6. The van der Waals surface area contributed by atoms with Gasteiger partial charge in [-0.15, -0.1) is 0 Å². The van der Waals surface area contributed by atoms with Crippen LogP contribution in [0.15, 0.2) is 0 Å². The zero-order valence-electron chi connectivity index (χ0n) is 11.6. The average molecular weight is 252 g/mol. The number of aliphatic hydroxyl groups is 1. The Labute approximate surface area is 111 Å². The maximum Gasteiger partial charge on any atom is 0.0626 e. The third-order valence-electron chi connectivity index (χ3n) is 5.68. The SMILES string of the molecule is CN(CC1CC2CCC1C2)CC(N)(CO)C1CC1. The molecule has 3 aliphatic carbocycles. The summed E-state index contributed by atoms with van der Waals surface area (Å²) < 4.78 is 0. The summed E-state index contributed by atoms with van der Waals surface area (Å²) in [4.78, 5) is 2.39. The van der Waals surface area contributed by atoms with Crippen LogP contribution in [0.5, 0.6) is 0 Å². The number of hydrogen-bond donors (Lipinski definition) is 2. The smallest absolute Gasteiger partial charge is 0.0626 e. The van der Waals surface area contributed by atoms with E-state index in [2.05, 4.69) is 11.9 Å². The van der Waals surface area contributed by atoms with E-state index < -0.39 is 0 Å². The first kappa shape index (κ1) is 12.9. The van der Waals surface area contributed by atoms with E-state index in [1.54, 1.807) is 0 Å². The van der Waals surface area contributed by atoms with Crippen molar-refractivity contribution in [3.63, 3.8) is 0 Å². The number of nitrogens with two attached hydrogens (primary N) is 1. The van der Waals surface area contributed by atoms with E-state index in [1.165, 1.54) is 45.1 Å². The third kappa shape index (κ3) is 2.45. The standard InChI is InChI=1S/C15H28N2O/c1-17(9-15(16,10-18)14-4-5-14)8-13-7-11-2-3-12(13)6-11/h11-14,18H,2-10,16H2,1H3. The summed E-state index contributed by atoms with van der Waals surface area (Å²) >= 11 is 0. The molecule has 3 N–H and O–H groups in total. The Morgan fingerprint density at radius 2 is 2.00 bits per heavy atom. The quantitative estimate of drug-likeness (QED) is 0.752. The fourth-order valence-corrected chi connectivity index (χ4v) is 4.53. The second kappa shape index (κ2) is 4.77. The van der Waals surface area contributed by atoms with E-state index in [0.717, 1.165) is 24.3 Å². The minimum absolute atomic E-state index is 0.138. The van der Waals surface area contributed by atoms with Gasteiger partial charge in [0.25, 0.3) is 0 Å². The summed E-state index contributed by atoms with van der Waals surface area (Å²) in [6.45, 7) is 2.19. The molecule has 0 aromatic rings. The Bertz CT molecular complexity index is 305.